The Morgan fingerprint density at radius 1 is 0.938 bits per heavy atom. The van der Waals surface area contributed by atoms with E-state index in [1.165, 1.54) is 22.4 Å². The molecule has 3 rings (SSSR count). The number of anilines is 1. The van der Waals surface area contributed by atoms with E-state index in [4.69, 9.17) is 4.74 Å². The molecule has 1 N–H and O–H groups in total. The Kier molecular flexibility index (Phi) is 8.19. The SMILES string of the molecule is CC(C)c1ccc(NCCc2ccc(CN3CCN(C(=O)OC(C)(C)C)CC3)cc2)cc1. The topological polar surface area (TPSA) is 44.8 Å². The summed E-state index contributed by atoms with van der Waals surface area (Å²) in [7, 11) is 0. The standard InChI is InChI=1S/C27H39N3O2/c1-21(2)24-10-12-25(13-11-24)28-15-14-22-6-8-23(9-7-22)20-29-16-18-30(19-17-29)26(31)32-27(3,4)5/h6-13,21,28H,14-20H2,1-5H3. The predicted octanol–water partition coefficient (Wildman–Crippen LogP) is 5.52. The fourth-order valence-electron chi connectivity index (χ4n) is 3.82. The number of carbonyl (C=O) groups is 1. The zero-order valence-electron chi connectivity index (χ0n) is 20.4. The first-order valence-electron chi connectivity index (χ1n) is 11.8. The molecule has 174 valence electrons. The quantitative estimate of drug-likeness (QED) is 0.620. The fraction of sp³-hybridized carbons (Fsp3) is 0.519. The number of hydrogen-bond acceptors (Lipinski definition) is 4. The van der Waals surface area contributed by atoms with Crippen molar-refractivity contribution in [3.05, 3.63) is 65.2 Å². The van der Waals surface area contributed by atoms with Crippen molar-refractivity contribution in [1.82, 2.24) is 9.80 Å². The summed E-state index contributed by atoms with van der Waals surface area (Å²) in [6, 6.07) is 17.7. The molecule has 0 radical (unpaired) electrons. The third-order valence-corrected chi connectivity index (χ3v) is 5.77. The normalized spacial score (nSPS) is 15.1. The lowest BCUT2D eigenvalue weighted by atomic mass is 10.0. The summed E-state index contributed by atoms with van der Waals surface area (Å²) in [4.78, 5) is 16.4. The van der Waals surface area contributed by atoms with Crippen LogP contribution in [0.25, 0.3) is 0 Å². The van der Waals surface area contributed by atoms with Gasteiger partial charge in [0.15, 0.2) is 0 Å². The second-order valence-corrected chi connectivity index (χ2v) is 10.0. The van der Waals surface area contributed by atoms with Crippen LogP contribution in [0.2, 0.25) is 0 Å². The Labute approximate surface area is 193 Å². The highest BCUT2D eigenvalue weighted by molar-refractivity contribution is 5.68. The molecule has 0 saturated carbocycles. The molecule has 0 bridgehead atoms. The lowest BCUT2D eigenvalue weighted by Crippen LogP contribution is -2.49. The van der Waals surface area contributed by atoms with Crippen molar-refractivity contribution in [2.75, 3.05) is 38.0 Å². The number of hydrogen-bond donors (Lipinski definition) is 1. The molecule has 2 aromatic rings. The summed E-state index contributed by atoms with van der Waals surface area (Å²) in [5, 5.41) is 3.52. The lowest BCUT2D eigenvalue weighted by Gasteiger charge is -2.35. The molecule has 1 fully saturated rings. The molecule has 0 spiro atoms. The third-order valence-electron chi connectivity index (χ3n) is 5.77. The maximum Gasteiger partial charge on any atom is 0.410 e. The molecule has 0 aromatic heterocycles. The Hall–Kier alpha value is -2.53. The van der Waals surface area contributed by atoms with Gasteiger partial charge in [0.2, 0.25) is 0 Å². The minimum atomic E-state index is -0.441. The van der Waals surface area contributed by atoms with Crippen LogP contribution in [-0.2, 0) is 17.7 Å². The number of amides is 1. The van der Waals surface area contributed by atoms with Gasteiger partial charge in [0, 0.05) is 45.0 Å². The van der Waals surface area contributed by atoms with Crippen LogP contribution < -0.4 is 5.32 Å². The maximum atomic E-state index is 12.2. The van der Waals surface area contributed by atoms with Crippen molar-refractivity contribution in [2.24, 2.45) is 0 Å². The predicted molar refractivity (Wildman–Crippen MR) is 132 cm³/mol. The molecular weight excluding hydrogens is 398 g/mol. The summed E-state index contributed by atoms with van der Waals surface area (Å²) in [6.45, 7) is 15.2. The van der Waals surface area contributed by atoms with Crippen LogP contribution >= 0.6 is 0 Å². The van der Waals surface area contributed by atoms with E-state index in [0.29, 0.717) is 5.92 Å². The summed E-state index contributed by atoms with van der Waals surface area (Å²) < 4.78 is 5.48. The lowest BCUT2D eigenvalue weighted by molar-refractivity contribution is 0.0139. The molecule has 1 aliphatic rings. The molecule has 1 saturated heterocycles. The molecule has 5 heteroatoms. The van der Waals surface area contributed by atoms with Crippen LogP contribution in [0.5, 0.6) is 0 Å². The third kappa shape index (κ3) is 7.56. The first-order valence-corrected chi connectivity index (χ1v) is 11.8. The van der Waals surface area contributed by atoms with Crippen molar-refractivity contribution in [1.29, 1.82) is 0 Å². The van der Waals surface area contributed by atoms with Crippen LogP contribution in [0.15, 0.2) is 48.5 Å². The summed E-state index contributed by atoms with van der Waals surface area (Å²) >= 11 is 0. The van der Waals surface area contributed by atoms with E-state index >= 15 is 0 Å². The van der Waals surface area contributed by atoms with Crippen LogP contribution in [0.3, 0.4) is 0 Å². The fourth-order valence-corrected chi connectivity index (χ4v) is 3.82. The average Bonchev–Trinajstić information content (AvgIpc) is 2.75. The van der Waals surface area contributed by atoms with E-state index in [9.17, 15) is 4.79 Å². The number of nitrogens with one attached hydrogen (secondary N) is 1. The van der Waals surface area contributed by atoms with Gasteiger partial charge in [-0.3, -0.25) is 4.90 Å². The molecule has 1 aliphatic heterocycles. The van der Waals surface area contributed by atoms with Gasteiger partial charge in [-0.1, -0.05) is 50.2 Å². The van der Waals surface area contributed by atoms with Gasteiger partial charge < -0.3 is 15.0 Å². The molecule has 0 atom stereocenters. The number of benzene rings is 2. The second-order valence-electron chi connectivity index (χ2n) is 10.0. The van der Waals surface area contributed by atoms with Gasteiger partial charge >= 0.3 is 6.09 Å². The molecular formula is C27H39N3O2. The van der Waals surface area contributed by atoms with Crippen molar-refractivity contribution in [2.45, 2.75) is 59.1 Å². The van der Waals surface area contributed by atoms with Gasteiger partial charge in [0.25, 0.3) is 0 Å². The highest BCUT2D eigenvalue weighted by atomic mass is 16.6. The number of piperazine rings is 1. The van der Waals surface area contributed by atoms with Crippen LogP contribution in [0, 0.1) is 0 Å². The minimum Gasteiger partial charge on any atom is -0.444 e. The van der Waals surface area contributed by atoms with Crippen molar-refractivity contribution in [3.8, 4) is 0 Å². The zero-order valence-corrected chi connectivity index (χ0v) is 20.4. The summed E-state index contributed by atoms with van der Waals surface area (Å²) in [5.74, 6) is 0.566. The van der Waals surface area contributed by atoms with E-state index in [2.05, 4.69) is 72.6 Å². The van der Waals surface area contributed by atoms with Gasteiger partial charge in [0.1, 0.15) is 5.60 Å². The molecule has 0 unspecified atom stereocenters. The van der Waals surface area contributed by atoms with Crippen LogP contribution in [0.1, 0.15) is 57.2 Å². The monoisotopic (exact) mass is 437 g/mol. The molecule has 2 aromatic carbocycles. The Morgan fingerprint density at radius 2 is 1.53 bits per heavy atom. The largest absolute Gasteiger partial charge is 0.444 e. The van der Waals surface area contributed by atoms with Crippen LogP contribution in [-0.4, -0.2) is 54.2 Å². The molecule has 1 heterocycles. The Balaban J connectivity index is 1.39. The zero-order chi connectivity index (χ0) is 23.1. The van der Waals surface area contributed by atoms with Gasteiger partial charge in [-0.25, -0.2) is 4.79 Å². The van der Waals surface area contributed by atoms with Crippen LogP contribution in [0.4, 0.5) is 10.5 Å². The van der Waals surface area contributed by atoms with Crippen molar-refractivity contribution < 1.29 is 9.53 Å². The summed E-state index contributed by atoms with van der Waals surface area (Å²) in [5.41, 5.74) is 4.77. The number of rotatable bonds is 7. The first-order chi connectivity index (χ1) is 15.2. The molecule has 5 nitrogen and oxygen atoms in total. The maximum absolute atomic E-state index is 12.2. The summed E-state index contributed by atoms with van der Waals surface area (Å²) in [6.07, 6.45) is 0.798. The van der Waals surface area contributed by atoms with Crippen molar-refractivity contribution >= 4 is 11.8 Å². The van der Waals surface area contributed by atoms with E-state index < -0.39 is 5.60 Å². The first kappa shape index (κ1) is 24.1. The Bertz CT molecular complexity index is 846. The number of carbonyl (C=O) groups excluding carboxylic acids is 1. The van der Waals surface area contributed by atoms with E-state index in [-0.39, 0.29) is 6.09 Å². The second kappa shape index (κ2) is 10.9. The van der Waals surface area contributed by atoms with Gasteiger partial charge in [-0.15, -0.1) is 0 Å². The van der Waals surface area contributed by atoms with E-state index in [1.54, 1.807) is 0 Å². The molecule has 1 amide bonds. The van der Waals surface area contributed by atoms with E-state index in [0.717, 1.165) is 45.7 Å². The molecule has 32 heavy (non-hydrogen) atoms. The highest BCUT2D eigenvalue weighted by Crippen LogP contribution is 2.18. The van der Waals surface area contributed by atoms with Gasteiger partial charge in [0.05, 0.1) is 0 Å². The van der Waals surface area contributed by atoms with E-state index in [1.807, 2.05) is 25.7 Å². The molecule has 0 aliphatic carbocycles. The average molecular weight is 438 g/mol. The number of nitrogens with zero attached hydrogens (tertiary/aromatic N) is 2. The smallest absolute Gasteiger partial charge is 0.410 e. The number of ether oxygens (including phenoxy) is 1. The highest BCUT2D eigenvalue weighted by Gasteiger charge is 2.25. The minimum absolute atomic E-state index is 0.203. The van der Waals surface area contributed by atoms with Crippen molar-refractivity contribution in [3.63, 3.8) is 0 Å². The van der Waals surface area contributed by atoms with Gasteiger partial charge in [-0.05, 0) is 61.9 Å². The Morgan fingerprint density at radius 3 is 2.09 bits per heavy atom. The van der Waals surface area contributed by atoms with Gasteiger partial charge in [-0.2, -0.15) is 0 Å².